The van der Waals surface area contributed by atoms with E-state index in [2.05, 4.69) is 33.2 Å². The first-order valence-corrected chi connectivity index (χ1v) is 6.93. The number of hydrogen-bond donors (Lipinski definition) is 2. The highest BCUT2D eigenvalue weighted by molar-refractivity contribution is 9.10. The zero-order valence-corrected chi connectivity index (χ0v) is 13.1. The average Bonchev–Trinajstić information content (AvgIpc) is 2.69. The van der Waals surface area contributed by atoms with Gasteiger partial charge in [-0.05, 0) is 55.3 Å². The van der Waals surface area contributed by atoms with Gasteiger partial charge in [0, 0.05) is 5.56 Å². The molecule has 0 aliphatic rings. The number of rotatable bonds is 3. The van der Waals surface area contributed by atoms with Crippen molar-refractivity contribution in [3.63, 3.8) is 0 Å². The van der Waals surface area contributed by atoms with Crippen LogP contribution in [0.1, 0.15) is 35.6 Å². The Labute approximate surface area is 121 Å². The molecule has 5 heteroatoms. The molecular weight excluding hydrogens is 306 g/mol. The Balaban J connectivity index is 2.27. The van der Waals surface area contributed by atoms with E-state index in [1.807, 2.05) is 26.8 Å². The van der Waals surface area contributed by atoms with E-state index in [1.165, 1.54) is 0 Å². The Hall–Kier alpha value is -1.49. The third-order valence-corrected chi connectivity index (χ3v) is 4.17. The SMILES string of the molecule is Cc1cc(C(C)Nc2ncc(N)c(C)c2Br)c(C)o1. The van der Waals surface area contributed by atoms with Crippen molar-refractivity contribution in [3.8, 4) is 0 Å². The Bertz CT molecular complexity index is 607. The lowest BCUT2D eigenvalue weighted by Gasteiger charge is -2.16. The first-order valence-electron chi connectivity index (χ1n) is 6.14. The Kier molecular flexibility index (Phi) is 3.85. The summed E-state index contributed by atoms with van der Waals surface area (Å²) in [7, 11) is 0. The first kappa shape index (κ1) is 13.9. The number of nitrogens with zero attached hydrogens (tertiary/aromatic N) is 1. The molecule has 2 heterocycles. The highest BCUT2D eigenvalue weighted by atomic mass is 79.9. The summed E-state index contributed by atoms with van der Waals surface area (Å²) in [6.07, 6.45) is 1.67. The molecule has 102 valence electrons. The number of aromatic nitrogens is 1. The average molecular weight is 324 g/mol. The summed E-state index contributed by atoms with van der Waals surface area (Å²) in [5.41, 5.74) is 8.63. The normalized spacial score (nSPS) is 12.5. The monoisotopic (exact) mass is 323 g/mol. The van der Waals surface area contributed by atoms with E-state index in [9.17, 15) is 0 Å². The van der Waals surface area contributed by atoms with Crippen LogP contribution in [0.4, 0.5) is 11.5 Å². The molecule has 2 aromatic rings. The fourth-order valence-corrected chi connectivity index (χ4v) is 2.50. The van der Waals surface area contributed by atoms with Crippen LogP contribution in [-0.2, 0) is 0 Å². The molecule has 0 radical (unpaired) electrons. The van der Waals surface area contributed by atoms with Gasteiger partial charge in [-0.3, -0.25) is 0 Å². The lowest BCUT2D eigenvalue weighted by molar-refractivity contribution is 0.499. The van der Waals surface area contributed by atoms with Gasteiger partial charge >= 0.3 is 0 Å². The van der Waals surface area contributed by atoms with Gasteiger partial charge in [-0.1, -0.05) is 0 Å². The molecule has 19 heavy (non-hydrogen) atoms. The number of aryl methyl sites for hydroxylation is 2. The molecule has 4 nitrogen and oxygen atoms in total. The maximum atomic E-state index is 5.82. The minimum atomic E-state index is 0.115. The van der Waals surface area contributed by atoms with E-state index in [1.54, 1.807) is 6.20 Å². The van der Waals surface area contributed by atoms with E-state index in [0.29, 0.717) is 5.69 Å². The van der Waals surface area contributed by atoms with E-state index in [0.717, 1.165) is 32.9 Å². The zero-order valence-electron chi connectivity index (χ0n) is 11.5. The number of nitrogens with two attached hydrogens (primary N) is 1. The van der Waals surface area contributed by atoms with Gasteiger partial charge in [-0.15, -0.1) is 0 Å². The van der Waals surface area contributed by atoms with Gasteiger partial charge in [0.15, 0.2) is 0 Å². The highest BCUT2D eigenvalue weighted by Gasteiger charge is 2.15. The lowest BCUT2D eigenvalue weighted by atomic mass is 10.1. The van der Waals surface area contributed by atoms with Crippen LogP contribution in [0.2, 0.25) is 0 Å². The minimum Gasteiger partial charge on any atom is -0.466 e. The molecule has 0 fully saturated rings. The number of halogens is 1. The van der Waals surface area contributed by atoms with Crippen LogP contribution in [0.5, 0.6) is 0 Å². The number of furan rings is 1. The molecule has 1 unspecified atom stereocenters. The van der Waals surface area contributed by atoms with Crippen molar-refractivity contribution in [1.29, 1.82) is 0 Å². The van der Waals surface area contributed by atoms with Crippen LogP contribution in [-0.4, -0.2) is 4.98 Å². The van der Waals surface area contributed by atoms with Gasteiger partial charge in [0.05, 0.1) is 22.4 Å². The van der Waals surface area contributed by atoms with Gasteiger partial charge in [0.2, 0.25) is 0 Å². The zero-order chi connectivity index (χ0) is 14.2. The van der Waals surface area contributed by atoms with Crippen molar-refractivity contribution in [2.75, 3.05) is 11.1 Å². The van der Waals surface area contributed by atoms with Crippen LogP contribution in [0.3, 0.4) is 0 Å². The van der Waals surface area contributed by atoms with Crippen molar-refractivity contribution in [2.24, 2.45) is 0 Å². The van der Waals surface area contributed by atoms with Crippen LogP contribution < -0.4 is 11.1 Å². The van der Waals surface area contributed by atoms with E-state index < -0.39 is 0 Å². The molecule has 0 bridgehead atoms. The fraction of sp³-hybridized carbons (Fsp3) is 0.357. The number of nitrogens with one attached hydrogen (secondary N) is 1. The Morgan fingerprint density at radius 2 is 2.05 bits per heavy atom. The summed E-state index contributed by atoms with van der Waals surface area (Å²) in [5, 5.41) is 3.38. The summed E-state index contributed by atoms with van der Waals surface area (Å²) in [6, 6.07) is 2.16. The quantitative estimate of drug-likeness (QED) is 0.891. The molecule has 2 rings (SSSR count). The number of pyridine rings is 1. The molecule has 0 aliphatic heterocycles. The van der Waals surface area contributed by atoms with Crippen molar-refractivity contribution in [3.05, 3.63) is 39.4 Å². The van der Waals surface area contributed by atoms with Crippen molar-refractivity contribution < 1.29 is 4.42 Å². The maximum absolute atomic E-state index is 5.82. The van der Waals surface area contributed by atoms with Gasteiger partial charge < -0.3 is 15.5 Å². The summed E-state index contributed by atoms with van der Waals surface area (Å²) in [6.45, 7) is 7.96. The molecule has 3 N–H and O–H groups in total. The summed E-state index contributed by atoms with van der Waals surface area (Å²) >= 11 is 3.53. The number of hydrogen-bond acceptors (Lipinski definition) is 4. The summed E-state index contributed by atoms with van der Waals surface area (Å²) < 4.78 is 6.45. The lowest BCUT2D eigenvalue weighted by Crippen LogP contribution is -2.09. The minimum absolute atomic E-state index is 0.115. The topological polar surface area (TPSA) is 64.1 Å². The van der Waals surface area contributed by atoms with Gasteiger partial charge in [-0.25, -0.2) is 4.98 Å². The van der Waals surface area contributed by atoms with Gasteiger partial charge in [-0.2, -0.15) is 0 Å². The predicted octanol–water partition coefficient (Wildman–Crippen LogP) is 4.12. The highest BCUT2D eigenvalue weighted by Crippen LogP contribution is 2.31. The van der Waals surface area contributed by atoms with Crippen LogP contribution in [0.15, 0.2) is 21.2 Å². The molecule has 0 spiro atoms. The molecule has 0 amide bonds. The summed E-state index contributed by atoms with van der Waals surface area (Å²) in [5.74, 6) is 2.64. The van der Waals surface area contributed by atoms with Crippen LogP contribution >= 0.6 is 15.9 Å². The van der Waals surface area contributed by atoms with E-state index >= 15 is 0 Å². The summed E-state index contributed by atoms with van der Waals surface area (Å²) in [4.78, 5) is 4.33. The molecular formula is C14H18BrN3O. The maximum Gasteiger partial charge on any atom is 0.141 e. The third-order valence-electron chi connectivity index (χ3n) is 3.20. The van der Waals surface area contributed by atoms with E-state index in [-0.39, 0.29) is 6.04 Å². The molecule has 1 atom stereocenters. The second-order valence-corrected chi connectivity index (χ2v) is 5.53. The van der Waals surface area contributed by atoms with E-state index in [4.69, 9.17) is 10.2 Å². The largest absolute Gasteiger partial charge is 0.466 e. The fourth-order valence-electron chi connectivity index (χ4n) is 2.06. The molecule has 2 aromatic heterocycles. The van der Waals surface area contributed by atoms with Crippen molar-refractivity contribution in [2.45, 2.75) is 33.7 Å². The predicted molar refractivity (Wildman–Crippen MR) is 81.3 cm³/mol. The molecule has 0 aromatic carbocycles. The second kappa shape index (κ2) is 5.25. The Morgan fingerprint density at radius 3 is 2.63 bits per heavy atom. The van der Waals surface area contributed by atoms with Crippen LogP contribution in [0.25, 0.3) is 0 Å². The van der Waals surface area contributed by atoms with Gasteiger partial charge in [0.1, 0.15) is 17.3 Å². The second-order valence-electron chi connectivity index (χ2n) is 4.74. The van der Waals surface area contributed by atoms with Gasteiger partial charge in [0.25, 0.3) is 0 Å². The number of nitrogen functional groups attached to an aromatic ring is 1. The smallest absolute Gasteiger partial charge is 0.141 e. The van der Waals surface area contributed by atoms with Crippen molar-refractivity contribution >= 4 is 27.4 Å². The standard InChI is InChI=1S/C14H18BrN3O/c1-7-5-11(10(4)19-7)9(3)18-14-13(15)8(2)12(16)6-17-14/h5-6,9H,16H2,1-4H3,(H,17,18). The van der Waals surface area contributed by atoms with Crippen LogP contribution in [0, 0.1) is 20.8 Å². The molecule has 0 aliphatic carbocycles. The Morgan fingerprint density at radius 1 is 1.37 bits per heavy atom. The molecule has 0 saturated heterocycles. The van der Waals surface area contributed by atoms with Crippen molar-refractivity contribution in [1.82, 2.24) is 4.98 Å². The number of anilines is 2. The molecule has 0 saturated carbocycles. The first-order chi connectivity index (χ1) is 8.90. The third kappa shape index (κ3) is 2.76.